The number of benzene rings is 4. The van der Waals surface area contributed by atoms with Gasteiger partial charge in [-0.1, -0.05) is 219 Å². The van der Waals surface area contributed by atoms with Gasteiger partial charge in [-0.3, -0.25) is 0 Å². The molecule has 67 heavy (non-hydrogen) atoms. The summed E-state index contributed by atoms with van der Waals surface area (Å²) in [5.41, 5.74) is 8.16. The predicted octanol–water partition coefficient (Wildman–Crippen LogP) is 20.8. The highest BCUT2D eigenvalue weighted by atomic mass is 32.2. The summed E-state index contributed by atoms with van der Waals surface area (Å²) in [4.78, 5) is 1.27. The molecule has 2 fully saturated rings. The van der Waals surface area contributed by atoms with Crippen LogP contribution in [0.1, 0.15) is 220 Å². The van der Waals surface area contributed by atoms with Crippen LogP contribution in [0, 0.1) is 11.8 Å². The van der Waals surface area contributed by atoms with Crippen molar-refractivity contribution in [2.24, 2.45) is 11.8 Å². The van der Waals surface area contributed by atoms with Gasteiger partial charge in [0.2, 0.25) is 0 Å². The number of hydrogen-bond acceptors (Lipinski definition) is 2. The first-order valence-electron chi connectivity index (χ1n) is 27.0. The molecule has 0 aliphatic heterocycles. The summed E-state index contributed by atoms with van der Waals surface area (Å²) in [6, 6.07) is 33.7. The molecule has 6 heteroatoms. The third kappa shape index (κ3) is 22.7. The van der Waals surface area contributed by atoms with E-state index in [1.54, 1.807) is 24.3 Å². The summed E-state index contributed by atoms with van der Waals surface area (Å²) in [7, 11) is 0. The van der Waals surface area contributed by atoms with Gasteiger partial charge in [-0.25, -0.2) is 0 Å². The van der Waals surface area contributed by atoms with Crippen LogP contribution in [0.2, 0.25) is 0 Å². The predicted molar refractivity (Wildman–Crippen MR) is 284 cm³/mol. The second-order valence-electron chi connectivity index (χ2n) is 20.1. The fraction of sp³-hybridized carbons (Fsp3) is 0.607. The van der Waals surface area contributed by atoms with E-state index in [0.717, 1.165) is 49.4 Å². The maximum absolute atomic E-state index is 12.5. The van der Waals surface area contributed by atoms with Crippen molar-refractivity contribution in [3.8, 4) is 0 Å². The monoisotopic (exact) mass is 959 g/mol. The highest BCUT2D eigenvalue weighted by Crippen LogP contribution is 2.39. The molecule has 2 aliphatic carbocycles. The highest BCUT2D eigenvalue weighted by molar-refractivity contribution is 7.99. The van der Waals surface area contributed by atoms with Crippen molar-refractivity contribution in [3.63, 3.8) is 0 Å². The van der Waals surface area contributed by atoms with Crippen LogP contribution in [0.25, 0.3) is 0 Å². The fourth-order valence-corrected chi connectivity index (χ4v) is 11.7. The van der Waals surface area contributed by atoms with E-state index in [1.807, 2.05) is 24.3 Å². The van der Waals surface area contributed by atoms with Crippen LogP contribution in [-0.2, 0) is 25.7 Å². The first-order valence-corrected chi connectivity index (χ1v) is 28.8. The van der Waals surface area contributed by atoms with Crippen molar-refractivity contribution in [2.75, 3.05) is 0 Å². The topological polar surface area (TPSA) is 0 Å². The van der Waals surface area contributed by atoms with E-state index in [0.29, 0.717) is 33.3 Å². The van der Waals surface area contributed by atoms with E-state index in [9.17, 15) is 17.6 Å². The first kappa shape index (κ1) is 55.2. The van der Waals surface area contributed by atoms with E-state index < -0.39 is 11.5 Å². The lowest BCUT2D eigenvalue weighted by atomic mass is 9.77. The Balaban J connectivity index is 0.000000251. The second-order valence-corrected chi connectivity index (χ2v) is 22.3. The number of hydrogen-bond donors (Lipinski definition) is 0. The molecule has 0 amide bonds. The molecular weight excluding hydrogens is 873 g/mol. The van der Waals surface area contributed by atoms with Gasteiger partial charge in [0.1, 0.15) is 0 Å². The van der Waals surface area contributed by atoms with Gasteiger partial charge >= 0.3 is 0 Å². The number of aryl methyl sites for hydroxylation is 4. The minimum Gasteiger partial charge on any atom is -0.198 e. The fourth-order valence-electron chi connectivity index (χ4n) is 10.7. The Bertz CT molecular complexity index is 1810. The molecule has 370 valence electrons. The van der Waals surface area contributed by atoms with Gasteiger partial charge in [0, 0.05) is 9.79 Å². The van der Waals surface area contributed by atoms with Gasteiger partial charge in [0.25, 0.3) is 11.5 Å². The molecule has 0 atom stereocenters. The quantitative estimate of drug-likeness (QED) is 0.0302. The summed E-state index contributed by atoms with van der Waals surface area (Å²) in [6.07, 6.45) is 39.1. The summed E-state index contributed by atoms with van der Waals surface area (Å²) in [6.45, 7) is 4.57. The van der Waals surface area contributed by atoms with Crippen LogP contribution >= 0.6 is 23.5 Å². The Morgan fingerprint density at radius 3 is 0.910 bits per heavy atom. The molecule has 0 bridgehead atoms. The average molecular weight is 959 g/mol. The van der Waals surface area contributed by atoms with Crippen LogP contribution < -0.4 is 0 Å². The summed E-state index contributed by atoms with van der Waals surface area (Å²) in [5.74, 6) is -1.31. The standard InChI is InChI=1S/C31H44F2S.C30H42F2S/c1-2-3-4-5-6-7-8-9-10-25-13-19-28(20-14-25)29-21-15-26(16-22-29)11-12-27-17-23-30(24-18-27)34-31(32)33;1-2-3-4-5-6-7-8-9-24-12-18-27(19-13-24)28-20-14-25(15-21-28)10-11-26-16-22-29(23-17-26)33-30(31)32/h15-18,21-25,28,31H,2-14,19-20H2,1H3;14-17,20-24,27,30H,2-13,18-19H2,1H3. The molecule has 0 heterocycles. The van der Waals surface area contributed by atoms with Crippen LogP contribution in [0.5, 0.6) is 0 Å². The molecule has 0 spiro atoms. The lowest BCUT2D eigenvalue weighted by Gasteiger charge is -2.29. The van der Waals surface area contributed by atoms with Crippen LogP contribution in [0.3, 0.4) is 0 Å². The normalized spacial score (nSPS) is 18.6. The van der Waals surface area contributed by atoms with E-state index in [1.165, 1.54) is 194 Å². The lowest BCUT2D eigenvalue weighted by molar-refractivity contribution is 0.251. The highest BCUT2D eigenvalue weighted by Gasteiger charge is 2.23. The van der Waals surface area contributed by atoms with Crippen molar-refractivity contribution in [1.29, 1.82) is 0 Å². The molecule has 4 aromatic rings. The molecule has 2 saturated carbocycles. The maximum Gasteiger partial charge on any atom is 0.288 e. The Kier molecular flexibility index (Phi) is 27.2. The second kappa shape index (κ2) is 33.0. The van der Waals surface area contributed by atoms with Crippen LogP contribution in [0.15, 0.2) is 107 Å². The maximum atomic E-state index is 12.5. The largest absolute Gasteiger partial charge is 0.288 e. The third-order valence-corrected chi connectivity index (χ3v) is 16.4. The van der Waals surface area contributed by atoms with E-state index in [2.05, 4.69) is 62.4 Å². The third-order valence-electron chi connectivity index (χ3n) is 15.0. The van der Waals surface area contributed by atoms with E-state index >= 15 is 0 Å². The van der Waals surface area contributed by atoms with Crippen LogP contribution in [-0.4, -0.2) is 11.5 Å². The molecule has 6 rings (SSSR count). The summed E-state index contributed by atoms with van der Waals surface area (Å²) >= 11 is 1.22. The molecule has 2 aliphatic rings. The number of rotatable bonds is 29. The van der Waals surface area contributed by atoms with Gasteiger partial charge in [-0.15, -0.1) is 0 Å². The Labute approximate surface area is 414 Å². The molecule has 0 saturated heterocycles. The zero-order chi connectivity index (χ0) is 47.3. The summed E-state index contributed by atoms with van der Waals surface area (Å²) < 4.78 is 49.8. The molecular formula is C61H86F4S2. The number of halogens is 4. The Hall–Kier alpha value is -2.70. The SMILES string of the molecule is CCCCCCCCCC1CCC(c2ccc(CCc3ccc(SC(F)F)cc3)cc2)CC1.CCCCCCCCCCC1CCC(c2ccc(CCc3ccc(SC(F)F)cc3)cc2)CC1. The van der Waals surface area contributed by atoms with E-state index in [4.69, 9.17) is 0 Å². The Morgan fingerprint density at radius 1 is 0.358 bits per heavy atom. The van der Waals surface area contributed by atoms with Crippen molar-refractivity contribution in [2.45, 2.75) is 233 Å². The molecule has 0 radical (unpaired) electrons. The van der Waals surface area contributed by atoms with Gasteiger partial charge in [-0.05, 0) is 158 Å². The van der Waals surface area contributed by atoms with Gasteiger partial charge < -0.3 is 0 Å². The van der Waals surface area contributed by atoms with Crippen molar-refractivity contribution < 1.29 is 17.6 Å². The van der Waals surface area contributed by atoms with Crippen molar-refractivity contribution in [3.05, 3.63) is 130 Å². The van der Waals surface area contributed by atoms with Gasteiger partial charge in [0.15, 0.2) is 0 Å². The first-order chi connectivity index (χ1) is 32.8. The number of unbranched alkanes of at least 4 members (excludes halogenated alkanes) is 13. The molecule has 0 aromatic heterocycles. The van der Waals surface area contributed by atoms with Gasteiger partial charge in [0.05, 0.1) is 0 Å². The molecule has 0 unspecified atom stereocenters. The number of alkyl halides is 4. The van der Waals surface area contributed by atoms with Crippen molar-refractivity contribution >= 4 is 23.5 Å². The smallest absolute Gasteiger partial charge is 0.198 e. The van der Waals surface area contributed by atoms with Gasteiger partial charge in [-0.2, -0.15) is 17.6 Å². The minimum absolute atomic E-state index is 0.611. The zero-order valence-electron chi connectivity index (χ0n) is 41.5. The molecule has 0 N–H and O–H groups in total. The van der Waals surface area contributed by atoms with Crippen LogP contribution in [0.4, 0.5) is 17.6 Å². The number of thioether (sulfide) groups is 2. The average Bonchev–Trinajstić information content (AvgIpc) is 3.35. The molecule has 4 aromatic carbocycles. The lowest BCUT2D eigenvalue weighted by Crippen LogP contribution is -2.13. The zero-order valence-corrected chi connectivity index (χ0v) is 43.2. The summed E-state index contributed by atoms with van der Waals surface area (Å²) in [5, 5.41) is 0. The molecule has 0 nitrogen and oxygen atoms in total. The van der Waals surface area contributed by atoms with Crippen molar-refractivity contribution in [1.82, 2.24) is 0 Å². The Morgan fingerprint density at radius 2 is 0.627 bits per heavy atom. The van der Waals surface area contributed by atoms with E-state index in [-0.39, 0.29) is 0 Å². The minimum atomic E-state index is -2.35.